The van der Waals surface area contributed by atoms with Gasteiger partial charge in [0.2, 0.25) is 53.1 Å². The molecule has 10 heterocycles. The molecule has 1 aromatic carbocycles. The summed E-state index contributed by atoms with van der Waals surface area (Å²) < 4.78 is 45.8. The number of aromatic nitrogens is 9. The van der Waals surface area contributed by atoms with Gasteiger partial charge in [0.1, 0.15) is 93.3 Å². The van der Waals surface area contributed by atoms with Gasteiger partial charge in [-0.05, 0) is 79.0 Å². The van der Waals surface area contributed by atoms with Crippen LogP contribution in [-0.2, 0) is 25.5 Å². The van der Waals surface area contributed by atoms with Crippen molar-refractivity contribution < 1.29 is 59.9 Å². The molecule has 1 aliphatic rings. The lowest BCUT2D eigenvalue weighted by Gasteiger charge is -2.27. The van der Waals surface area contributed by atoms with Gasteiger partial charge < -0.3 is 67.8 Å². The molecule has 0 spiro atoms. The van der Waals surface area contributed by atoms with E-state index in [4.69, 9.17) is 67.1 Å². The smallest absolute Gasteiger partial charge is 0.326 e. The number of carbonyl (C=O) groups is 4. The van der Waals surface area contributed by atoms with Gasteiger partial charge >= 0.3 is 5.97 Å². The van der Waals surface area contributed by atoms with E-state index in [9.17, 15) is 24.3 Å². The first-order valence-corrected chi connectivity index (χ1v) is 33.2. The van der Waals surface area contributed by atoms with Crippen LogP contribution in [0.4, 0.5) is 0 Å². The number of ether oxygens (including phenoxy) is 1. The van der Waals surface area contributed by atoms with Crippen molar-refractivity contribution in [1.29, 1.82) is 0 Å². The van der Waals surface area contributed by atoms with Gasteiger partial charge in [0.25, 0.3) is 0 Å². The number of carboxylic acids is 1. The van der Waals surface area contributed by atoms with E-state index in [0.29, 0.717) is 104 Å². The summed E-state index contributed by atoms with van der Waals surface area (Å²) in [6.45, 7) is 19.0. The largest absolute Gasteiger partial charge is 0.480 e. The van der Waals surface area contributed by atoms with Gasteiger partial charge in [-0.3, -0.25) is 19.4 Å². The summed E-state index contributed by atoms with van der Waals surface area (Å²) in [5, 5.41) is 20.5. The van der Waals surface area contributed by atoms with Crippen LogP contribution in [0.25, 0.3) is 68.6 Å². The number of aliphatic carboxylic acids is 1. The Morgan fingerprint density at radius 3 is 2.01 bits per heavy atom. The van der Waals surface area contributed by atoms with Crippen molar-refractivity contribution in [2.24, 2.45) is 39.2 Å². The molecule has 1 unspecified atom stereocenters. The molecule has 0 saturated carbocycles. The van der Waals surface area contributed by atoms with Gasteiger partial charge in [0.05, 0.1) is 11.7 Å². The molecule has 29 nitrogen and oxygen atoms in total. The Labute approximate surface area is 565 Å². The third-order valence-corrected chi connectivity index (χ3v) is 18.1. The maximum absolute atomic E-state index is 14.1. The number of aliphatic imine (C=N–C) groups is 2. The Bertz CT molecular complexity index is 4430. The van der Waals surface area contributed by atoms with E-state index in [1.807, 2.05) is 84.6 Å². The van der Waals surface area contributed by atoms with Crippen LogP contribution in [0.3, 0.4) is 0 Å². The van der Waals surface area contributed by atoms with Crippen molar-refractivity contribution in [1.82, 2.24) is 60.4 Å². The zero-order valence-corrected chi connectivity index (χ0v) is 57.2. The van der Waals surface area contributed by atoms with Gasteiger partial charge in [-0.15, -0.1) is 22.7 Å². The Balaban J connectivity index is 0.000000273. The normalized spacial score (nSPS) is 15.6. The topological polar surface area (TPSA) is 410 Å². The van der Waals surface area contributed by atoms with Gasteiger partial charge in [-0.25, -0.2) is 54.6 Å². The molecular weight excluding hydrogens is 1290 g/mol. The second-order valence-corrected chi connectivity index (χ2v) is 25.5. The summed E-state index contributed by atoms with van der Waals surface area (Å²) in [4.78, 5) is 104. The molecule has 510 valence electrons. The van der Waals surface area contributed by atoms with Crippen LogP contribution >= 0.6 is 22.7 Å². The van der Waals surface area contributed by atoms with E-state index < -0.39 is 42.0 Å². The third kappa shape index (κ3) is 16.5. The minimum absolute atomic E-state index is 0.0309. The molecule has 0 radical (unpaired) electrons. The van der Waals surface area contributed by atoms with Crippen LogP contribution in [-0.4, -0.2) is 129 Å². The van der Waals surface area contributed by atoms with E-state index in [0.717, 1.165) is 29.8 Å². The fourth-order valence-electron chi connectivity index (χ4n) is 10.5. The average Bonchev–Trinajstić information content (AvgIpc) is 1.65. The molecule has 31 heteroatoms. The number of Topliss-reactive ketones (excluding diaryl/α,β-unsaturated/α-hetero) is 1. The summed E-state index contributed by atoms with van der Waals surface area (Å²) in [5.74, 6) is 0.517. The fraction of sp³-hybridized carbons (Fsp3) is 0.409. The summed E-state index contributed by atoms with van der Waals surface area (Å²) in [6.07, 6.45) is 8.26. The number of oxazole rings is 7. The second-order valence-electron chi connectivity index (χ2n) is 23.7. The molecule has 9 aromatic heterocycles. The lowest BCUT2D eigenvalue weighted by molar-refractivity contribution is -0.142. The van der Waals surface area contributed by atoms with Gasteiger partial charge in [0.15, 0.2) is 46.5 Å². The quantitative estimate of drug-likeness (QED) is 0.0132. The zero-order chi connectivity index (χ0) is 69.4. The lowest BCUT2D eigenvalue weighted by atomic mass is 9.85. The Hall–Kier alpha value is -10.3. The van der Waals surface area contributed by atoms with Crippen LogP contribution in [0.2, 0.25) is 0 Å². The number of hydrogen-bond acceptors (Lipinski definition) is 26. The van der Waals surface area contributed by atoms with Gasteiger partial charge in [-0.1, -0.05) is 70.9 Å². The summed E-state index contributed by atoms with van der Waals surface area (Å²) in [5.41, 5.74) is 15.8. The third-order valence-electron chi connectivity index (χ3n) is 16.3. The number of thiazole rings is 2. The highest BCUT2D eigenvalue weighted by Crippen LogP contribution is 2.38. The molecule has 2 amide bonds. The van der Waals surface area contributed by atoms with Crippen molar-refractivity contribution in [2.75, 3.05) is 20.6 Å². The predicted octanol–water partition coefficient (Wildman–Crippen LogP) is 10.9. The summed E-state index contributed by atoms with van der Waals surface area (Å²) in [6, 6.07) is 6.59. The van der Waals surface area contributed by atoms with Crippen molar-refractivity contribution in [2.45, 2.75) is 138 Å². The first kappa shape index (κ1) is 69.6. The average molecular weight is 1370 g/mol. The Kier molecular flexibility index (Phi) is 22.0. The highest BCUT2D eigenvalue weighted by atomic mass is 32.1. The summed E-state index contributed by atoms with van der Waals surface area (Å²) >= 11 is 2.91. The number of nitrogens with two attached hydrogens (primary N) is 2. The number of hydrogen-bond donors (Lipinski definition) is 5. The number of nitrogens with zero attached hydrogens (tertiary/aromatic N) is 12. The zero-order valence-electron chi connectivity index (χ0n) is 55.6. The standard InChI is InChI=1S/C45H56N12O7S2.C21H20N4O6/c1-11-21(3)27(37(59)53-33(22(4)12-2)41-50-28(18-61-41)38-49-23(5)17-60-38)16-32(58)34-24(6)64-42(54-34)35-25(7)62-39(55-35)30-20-66-44(52-30)36-26(8)63-40(56-36)29-19-65-43(51-29)31(57(9)10)14-13-15-48-45(46)47;1-11-17(18(26)23-14(21(27)28)8-13-6-4-3-5-7-13)25-20(31-11)16-10-30-19(24-16)15-9-29-12(2)22-15/h17-22,27,31,33H,11-16H2,1-10H3,(H,53,59)(H4,46,47,48);3-7,9-11,14,17H,8H2,1-2H3,(H,23,26)(H,27,28)/t21-,22-,27-,31-,33-;11?,14-,17-/m00/s1. The molecule has 1 aliphatic heterocycles. The van der Waals surface area contributed by atoms with E-state index in [1.165, 1.54) is 36.4 Å². The number of amides is 2. The summed E-state index contributed by atoms with van der Waals surface area (Å²) in [7, 11) is 4.03. The number of aryl methyl sites for hydroxylation is 5. The van der Waals surface area contributed by atoms with Crippen LogP contribution in [0.5, 0.6) is 0 Å². The van der Waals surface area contributed by atoms with E-state index in [-0.39, 0.29) is 77.6 Å². The number of carbonyl (C=O) groups excluding carboxylic acids is 3. The molecule has 10 aromatic rings. The fourth-order valence-corrected chi connectivity index (χ4v) is 12.4. The number of nitrogens with one attached hydrogen (secondary N) is 2. The molecule has 97 heavy (non-hydrogen) atoms. The van der Waals surface area contributed by atoms with Crippen LogP contribution in [0.1, 0.15) is 140 Å². The minimum Gasteiger partial charge on any atom is -0.480 e. The van der Waals surface area contributed by atoms with Crippen LogP contribution < -0.4 is 22.1 Å². The lowest BCUT2D eigenvalue weighted by Crippen LogP contribution is -2.48. The van der Waals surface area contributed by atoms with E-state index in [2.05, 4.69) is 50.4 Å². The number of ketones is 1. The maximum Gasteiger partial charge on any atom is 0.326 e. The number of carboxylic acid groups (broad SMARTS) is 1. The van der Waals surface area contributed by atoms with Crippen LogP contribution in [0, 0.1) is 52.4 Å². The predicted molar refractivity (Wildman–Crippen MR) is 357 cm³/mol. The second kappa shape index (κ2) is 30.6. The van der Waals surface area contributed by atoms with Crippen molar-refractivity contribution in [3.05, 3.63) is 123 Å². The molecule has 0 fully saturated rings. The molecule has 0 aliphatic carbocycles. The molecule has 0 bridgehead atoms. The monoisotopic (exact) mass is 1360 g/mol. The molecular formula is C66H76N16O13S2. The van der Waals surface area contributed by atoms with Crippen LogP contribution in [0.15, 0.2) is 107 Å². The number of benzene rings is 1. The molecule has 7 N–H and O–H groups in total. The first-order valence-electron chi connectivity index (χ1n) is 31.4. The minimum atomic E-state index is -1.13. The van der Waals surface area contributed by atoms with Crippen molar-refractivity contribution >= 4 is 58.1 Å². The molecule has 11 rings (SSSR count). The molecule has 8 atom stereocenters. The van der Waals surface area contributed by atoms with Crippen molar-refractivity contribution in [3.63, 3.8) is 0 Å². The van der Waals surface area contributed by atoms with Crippen molar-refractivity contribution in [3.8, 4) is 68.6 Å². The van der Waals surface area contributed by atoms with Gasteiger partial charge in [0, 0.05) is 43.0 Å². The van der Waals surface area contributed by atoms with Gasteiger partial charge in [-0.2, -0.15) is 0 Å². The van der Waals surface area contributed by atoms with E-state index >= 15 is 0 Å². The van der Waals surface area contributed by atoms with E-state index in [1.54, 1.807) is 51.2 Å². The highest BCUT2D eigenvalue weighted by Gasteiger charge is 2.38. The Morgan fingerprint density at radius 2 is 1.34 bits per heavy atom. The Morgan fingerprint density at radius 1 is 0.691 bits per heavy atom. The number of rotatable bonds is 28. The molecule has 0 saturated heterocycles. The maximum atomic E-state index is 14.1. The first-order chi connectivity index (χ1) is 46.4. The number of guanidine groups is 1. The highest BCUT2D eigenvalue weighted by molar-refractivity contribution is 7.13. The SMILES string of the molecule is CC[C@H](C)[C@H](CC(=O)c1nc(-c2nc(-c3csc(-c4nc(-c5csc([C@H](CCCN=C(N)N)N(C)C)n5)oc4C)n3)oc2C)oc1C)C(=O)N[C@H](c1nc(-c2nc(C)co2)co1)[C@@H](C)CC.Cc1nc(-c2nc(C3=N[C@H](C(=O)N[C@@H](Cc4ccccc4)C(=O)O)C(C)O3)co2)co1.